The molecule has 1 heterocycles. The SMILES string of the molecule is Cc1cc(C(=O)NC(C2CC2)C2CC2)sc1C#CCO. The minimum atomic E-state index is -0.149. The van der Waals surface area contributed by atoms with Gasteiger partial charge in [0, 0.05) is 6.04 Å². The Kier molecular flexibility index (Phi) is 3.82. The van der Waals surface area contributed by atoms with Gasteiger partial charge < -0.3 is 10.4 Å². The fourth-order valence-electron chi connectivity index (χ4n) is 2.59. The van der Waals surface area contributed by atoms with Crippen molar-refractivity contribution in [2.24, 2.45) is 11.8 Å². The molecule has 4 heteroatoms. The van der Waals surface area contributed by atoms with Crippen molar-refractivity contribution in [2.45, 2.75) is 38.6 Å². The molecule has 1 amide bonds. The van der Waals surface area contributed by atoms with E-state index in [-0.39, 0.29) is 12.5 Å². The molecule has 0 saturated heterocycles. The molecule has 2 saturated carbocycles. The third-order valence-electron chi connectivity index (χ3n) is 3.98. The first-order valence-electron chi connectivity index (χ1n) is 7.20. The molecule has 0 radical (unpaired) electrons. The second-order valence-corrected chi connectivity index (χ2v) is 6.81. The van der Waals surface area contributed by atoms with Crippen LogP contribution in [0.1, 0.15) is 45.8 Å². The number of hydrogen-bond acceptors (Lipinski definition) is 3. The van der Waals surface area contributed by atoms with Crippen molar-refractivity contribution in [1.82, 2.24) is 5.32 Å². The fourth-order valence-corrected chi connectivity index (χ4v) is 3.54. The van der Waals surface area contributed by atoms with Gasteiger partial charge in [-0.15, -0.1) is 11.3 Å². The molecule has 2 N–H and O–H groups in total. The van der Waals surface area contributed by atoms with Gasteiger partial charge >= 0.3 is 0 Å². The summed E-state index contributed by atoms with van der Waals surface area (Å²) in [5, 5.41) is 12.0. The normalized spacial score (nSPS) is 17.8. The van der Waals surface area contributed by atoms with E-state index in [1.54, 1.807) is 0 Å². The summed E-state index contributed by atoms with van der Waals surface area (Å²) in [5.41, 5.74) is 1.01. The van der Waals surface area contributed by atoms with Gasteiger partial charge in [-0.25, -0.2) is 0 Å². The summed E-state index contributed by atoms with van der Waals surface area (Å²) in [7, 11) is 0. The molecule has 1 aromatic heterocycles. The number of amides is 1. The molecule has 0 aromatic carbocycles. The molecule has 20 heavy (non-hydrogen) atoms. The standard InChI is InChI=1S/C16H19NO2S/c1-10-9-14(20-13(10)3-2-8-18)16(19)17-15(11-4-5-11)12-6-7-12/h9,11-12,15,18H,4-8H2,1H3,(H,17,19). The molecule has 0 aliphatic heterocycles. The highest BCUT2D eigenvalue weighted by atomic mass is 32.1. The van der Waals surface area contributed by atoms with Crippen molar-refractivity contribution < 1.29 is 9.90 Å². The number of hydrogen-bond donors (Lipinski definition) is 2. The van der Waals surface area contributed by atoms with Gasteiger partial charge in [-0.1, -0.05) is 11.8 Å². The molecule has 2 aliphatic rings. The minimum Gasteiger partial charge on any atom is -0.384 e. The van der Waals surface area contributed by atoms with Crippen molar-refractivity contribution >= 4 is 17.2 Å². The van der Waals surface area contributed by atoms with Crippen molar-refractivity contribution in [2.75, 3.05) is 6.61 Å². The summed E-state index contributed by atoms with van der Waals surface area (Å²) < 4.78 is 0. The van der Waals surface area contributed by atoms with Gasteiger partial charge in [0.1, 0.15) is 6.61 Å². The predicted octanol–water partition coefficient (Wildman–Crippen LogP) is 2.32. The second-order valence-electron chi connectivity index (χ2n) is 5.76. The molecule has 2 aliphatic carbocycles. The lowest BCUT2D eigenvalue weighted by molar-refractivity contribution is 0.0930. The highest BCUT2D eigenvalue weighted by Crippen LogP contribution is 2.44. The Balaban J connectivity index is 1.70. The highest BCUT2D eigenvalue weighted by Gasteiger charge is 2.42. The summed E-state index contributed by atoms with van der Waals surface area (Å²) in [5.74, 6) is 7.00. The third kappa shape index (κ3) is 3.05. The van der Waals surface area contributed by atoms with Gasteiger partial charge in [-0.3, -0.25) is 4.79 Å². The largest absolute Gasteiger partial charge is 0.384 e. The monoisotopic (exact) mass is 289 g/mol. The maximum Gasteiger partial charge on any atom is 0.261 e. The zero-order valence-corrected chi connectivity index (χ0v) is 12.4. The maximum absolute atomic E-state index is 12.4. The van der Waals surface area contributed by atoms with Crippen LogP contribution in [-0.2, 0) is 0 Å². The number of rotatable bonds is 4. The van der Waals surface area contributed by atoms with E-state index in [2.05, 4.69) is 17.2 Å². The van der Waals surface area contributed by atoms with Crippen LogP contribution in [0.5, 0.6) is 0 Å². The second kappa shape index (κ2) is 5.59. The van der Waals surface area contributed by atoms with E-state index < -0.39 is 0 Å². The van der Waals surface area contributed by atoms with Gasteiger partial charge in [-0.2, -0.15) is 0 Å². The van der Waals surface area contributed by atoms with Crippen LogP contribution in [-0.4, -0.2) is 23.7 Å². The lowest BCUT2D eigenvalue weighted by atomic mass is 10.1. The average molecular weight is 289 g/mol. The molecule has 3 rings (SSSR count). The van der Waals surface area contributed by atoms with Crippen LogP contribution >= 0.6 is 11.3 Å². The van der Waals surface area contributed by atoms with Crippen molar-refractivity contribution in [1.29, 1.82) is 0 Å². The Morgan fingerprint density at radius 2 is 2.10 bits per heavy atom. The summed E-state index contributed by atoms with van der Waals surface area (Å²) in [6.45, 7) is 1.80. The van der Waals surface area contributed by atoms with Crippen molar-refractivity contribution in [3.8, 4) is 11.8 Å². The predicted molar refractivity (Wildman–Crippen MR) is 79.7 cm³/mol. The smallest absolute Gasteiger partial charge is 0.261 e. The summed E-state index contributed by atoms with van der Waals surface area (Å²) in [6, 6.07) is 2.29. The van der Waals surface area contributed by atoms with E-state index >= 15 is 0 Å². The zero-order chi connectivity index (χ0) is 14.1. The lowest BCUT2D eigenvalue weighted by Gasteiger charge is -2.16. The van der Waals surface area contributed by atoms with E-state index in [9.17, 15) is 4.79 Å². The van der Waals surface area contributed by atoms with E-state index in [0.717, 1.165) is 15.3 Å². The molecule has 0 bridgehead atoms. The molecule has 1 aromatic rings. The lowest BCUT2D eigenvalue weighted by Crippen LogP contribution is -2.37. The van der Waals surface area contributed by atoms with Crippen LogP contribution in [0, 0.1) is 30.6 Å². The van der Waals surface area contributed by atoms with E-state index in [1.165, 1.54) is 37.0 Å². The molecule has 0 spiro atoms. The quantitative estimate of drug-likeness (QED) is 0.836. The number of carbonyl (C=O) groups excluding carboxylic acids is 1. The number of aliphatic hydroxyl groups excluding tert-OH is 1. The third-order valence-corrected chi connectivity index (χ3v) is 5.13. The molecule has 106 valence electrons. The zero-order valence-electron chi connectivity index (χ0n) is 11.6. The first-order chi connectivity index (χ1) is 9.69. The Labute approximate surface area is 123 Å². The average Bonchev–Trinajstić information content (AvgIpc) is 3.33. The van der Waals surface area contributed by atoms with Crippen LogP contribution in [0.25, 0.3) is 0 Å². The number of carbonyl (C=O) groups is 1. The van der Waals surface area contributed by atoms with E-state index in [4.69, 9.17) is 5.11 Å². The van der Waals surface area contributed by atoms with Gasteiger partial charge in [0.2, 0.25) is 0 Å². The number of nitrogens with one attached hydrogen (secondary N) is 1. The summed E-state index contributed by atoms with van der Waals surface area (Å²) in [4.78, 5) is 14.0. The number of thiophene rings is 1. The first-order valence-corrected chi connectivity index (χ1v) is 8.01. The topological polar surface area (TPSA) is 49.3 Å². The summed E-state index contributed by atoms with van der Waals surface area (Å²) >= 11 is 1.42. The minimum absolute atomic E-state index is 0.0407. The maximum atomic E-state index is 12.4. The molecule has 3 nitrogen and oxygen atoms in total. The van der Waals surface area contributed by atoms with Crippen molar-refractivity contribution in [3.05, 3.63) is 21.4 Å². The van der Waals surface area contributed by atoms with Gasteiger partial charge in [0.25, 0.3) is 5.91 Å². The van der Waals surface area contributed by atoms with Crippen LogP contribution < -0.4 is 5.32 Å². The Hall–Kier alpha value is -1.31. The fraction of sp³-hybridized carbons (Fsp3) is 0.562. The van der Waals surface area contributed by atoms with Crippen molar-refractivity contribution in [3.63, 3.8) is 0 Å². The molecular weight excluding hydrogens is 270 g/mol. The van der Waals surface area contributed by atoms with Crippen LogP contribution in [0.4, 0.5) is 0 Å². The molecule has 2 fully saturated rings. The number of aliphatic hydroxyl groups is 1. The summed E-state index contributed by atoms with van der Waals surface area (Å²) in [6.07, 6.45) is 5.05. The van der Waals surface area contributed by atoms with Crippen LogP contribution in [0.3, 0.4) is 0 Å². The Morgan fingerprint density at radius 1 is 1.45 bits per heavy atom. The molecule has 0 unspecified atom stereocenters. The van der Waals surface area contributed by atoms with Crippen LogP contribution in [0.15, 0.2) is 6.07 Å². The van der Waals surface area contributed by atoms with Gasteiger partial charge in [0.15, 0.2) is 0 Å². The van der Waals surface area contributed by atoms with E-state index in [0.29, 0.717) is 17.9 Å². The Morgan fingerprint density at radius 3 is 2.65 bits per heavy atom. The molecule has 0 atom stereocenters. The van der Waals surface area contributed by atoms with Gasteiger partial charge in [-0.05, 0) is 56.1 Å². The highest BCUT2D eigenvalue weighted by molar-refractivity contribution is 7.14. The first kappa shape index (κ1) is 13.7. The number of aryl methyl sites for hydroxylation is 1. The van der Waals surface area contributed by atoms with E-state index in [1.807, 2.05) is 13.0 Å². The molecular formula is C16H19NO2S. The van der Waals surface area contributed by atoms with Gasteiger partial charge in [0.05, 0.1) is 9.75 Å². The van der Waals surface area contributed by atoms with Crippen LogP contribution in [0.2, 0.25) is 0 Å². The Bertz CT molecular complexity index is 561.